The Morgan fingerprint density at radius 2 is 1.75 bits per heavy atom. The molecule has 0 radical (unpaired) electrons. The number of nitrogens with one attached hydrogen (secondary N) is 1. The molecule has 2 rings (SSSR count). The highest BCUT2D eigenvalue weighted by molar-refractivity contribution is 7.89. The highest BCUT2D eigenvalue weighted by Crippen LogP contribution is 2.22. The van der Waals surface area contributed by atoms with Crippen LogP contribution in [0.15, 0.2) is 53.7 Å². The Morgan fingerprint density at radius 3 is 2.35 bits per heavy atom. The van der Waals surface area contributed by atoms with Crippen molar-refractivity contribution in [2.75, 3.05) is 0 Å². The molecule has 1 atom stereocenters. The minimum atomic E-state index is -3.64. The van der Waals surface area contributed by atoms with Crippen LogP contribution in [0.4, 0.5) is 0 Å². The average Bonchev–Trinajstić information content (AvgIpc) is 2.39. The van der Waals surface area contributed by atoms with E-state index < -0.39 is 10.0 Å². The number of rotatable bonds is 4. The zero-order chi connectivity index (χ0) is 13.9. The summed E-state index contributed by atoms with van der Waals surface area (Å²) in [6.45, 7) is 1.77. The van der Waals surface area contributed by atoms with E-state index in [2.05, 4.69) is 9.71 Å². The number of sulfonamides is 1. The molecular weight excluding hydrogens is 319 g/mol. The summed E-state index contributed by atoms with van der Waals surface area (Å²) in [5.41, 5.74) is 0.839. The molecule has 4 nitrogen and oxygen atoms in total. The number of nitrogens with zero attached hydrogens (tertiary/aromatic N) is 1. The fraction of sp³-hybridized carbons (Fsp3) is 0.154. The molecule has 0 saturated carbocycles. The van der Waals surface area contributed by atoms with Gasteiger partial charge in [-0.3, -0.25) is 4.98 Å². The first-order valence-electron chi connectivity index (χ1n) is 5.67. The van der Waals surface area contributed by atoms with Gasteiger partial charge in [-0.25, -0.2) is 13.1 Å². The first kappa shape index (κ1) is 16.9. The highest BCUT2D eigenvalue weighted by atomic mass is 35.5. The van der Waals surface area contributed by atoms with Crippen molar-refractivity contribution in [1.82, 2.24) is 9.71 Å². The van der Waals surface area contributed by atoms with Crippen LogP contribution in [0, 0.1) is 0 Å². The minimum absolute atomic E-state index is 0. The summed E-state index contributed by atoms with van der Waals surface area (Å²) in [5.74, 6) is 0. The highest BCUT2D eigenvalue weighted by Gasteiger charge is 2.20. The molecule has 1 N–H and O–H groups in total. The topological polar surface area (TPSA) is 59.1 Å². The minimum Gasteiger partial charge on any atom is -0.265 e. The van der Waals surface area contributed by atoms with Crippen LogP contribution in [0.3, 0.4) is 0 Å². The second-order valence-corrected chi connectivity index (χ2v) is 6.14. The van der Waals surface area contributed by atoms with Crippen LogP contribution in [-0.2, 0) is 10.0 Å². The first-order chi connectivity index (χ1) is 9.00. The lowest BCUT2D eigenvalue weighted by atomic mass is 10.1. The van der Waals surface area contributed by atoms with Gasteiger partial charge in [0.15, 0.2) is 0 Å². The molecule has 0 bridgehead atoms. The van der Waals surface area contributed by atoms with Crippen LogP contribution in [0.2, 0.25) is 5.02 Å². The van der Waals surface area contributed by atoms with Gasteiger partial charge in [-0.2, -0.15) is 0 Å². The van der Waals surface area contributed by atoms with Gasteiger partial charge in [0.2, 0.25) is 10.0 Å². The Kier molecular flexibility index (Phi) is 5.95. The Morgan fingerprint density at radius 1 is 1.15 bits per heavy atom. The number of pyridine rings is 1. The van der Waals surface area contributed by atoms with E-state index in [1.165, 1.54) is 6.07 Å². The van der Waals surface area contributed by atoms with Gasteiger partial charge in [-0.1, -0.05) is 23.7 Å². The lowest BCUT2D eigenvalue weighted by Gasteiger charge is -2.15. The third-order valence-corrected chi connectivity index (χ3v) is 4.70. The third-order valence-electron chi connectivity index (χ3n) is 2.66. The van der Waals surface area contributed by atoms with E-state index in [-0.39, 0.29) is 28.4 Å². The molecule has 0 spiro atoms. The van der Waals surface area contributed by atoms with Gasteiger partial charge in [0, 0.05) is 18.4 Å². The van der Waals surface area contributed by atoms with E-state index in [0.717, 1.165) is 5.56 Å². The Hall–Kier alpha value is -1.14. The van der Waals surface area contributed by atoms with Gasteiger partial charge in [-0.15, -0.1) is 12.4 Å². The van der Waals surface area contributed by atoms with Gasteiger partial charge < -0.3 is 0 Å². The summed E-state index contributed by atoms with van der Waals surface area (Å²) in [5, 5.41) is 0.205. The molecule has 1 heterocycles. The predicted molar refractivity (Wildman–Crippen MR) is 81.7 cm³/mol. The molecule has 1 aromatic heterocycles. The lowest BCUT2D eigenvalue weighted by Crippen LogP contribution is -2.27. The zero-order valence-corrected chi connectivity index (χ0v) is 13.0. The lowest BCUT2D eigenvalue weighted by molar-refractivity contribution is 0.567. The van der Waals surface area contributed by atoms with Crippen LogP contribution in [0.25, 0.3) is 0 Å². The summed E-state index contributed by atoms with van der Waals surface area (Å²) in [6, 6.07) is 9.52. The molecule has 0 fully saturated rings. The van der Waals surface area contributed by atoms with Crippen molar-refractivity contribution in [3.63, 3.8) is 0 Å². The van der Waals surface area contributed by atoms with E-state index >= 15 is 0 Å². The van der Waals surface area contributed by atoms with Crippen molar-refractivity contribution in [1.29, 1.82) is 0 Å². The fourth-order valence-electron chi connectivity index (χ4n) is 1.68. The maximum absolute atomic E-state index is 12.2. The van der Waals surface area contributed by atoms with E-state index in [1.807, 2.05) is 0 Å². The van der Waals surface area contributed by atoms with Crippen LogP contribution < -0.4 is 4.72 Å². The molecule has 2 aromatic rings. The second-order valence-electron chi connectivity index (χ2n) is 4.05. The smallest absolute Gasteiger partial charge is 0.242 e. The number of halogens is 2. The molecule has 1 unspecified atom stereocenters. The Balaban J connectivity index is 0.00000200. The molecular formula is C13H14Cl2N2O2S. The second kappa shape index (κ2) is 7.04. The van der Waals surface area contributed by atoms with Crippen molar-refractivity contribution in [2.24, 2.45) is 0 Å². The van der Waals surface area contributed by atoms with E-state index in [1.54, 1.807) is 49.6 Å². The first-order valence-corrected chi connectivity index (χ1v) is 7.53. The zero-order valence-electron chi connectivity index (χ0n) is 10.7. The Bertz CT molecular complexity index is 663. The standard InChI is InChI=1S/C13H13ClN2O2S.ClH/c1-10(11-6-8-15-9-7-11)16-19(17,18)13-5-3-2-4-12(13)14;/h2-10,16H,1H3;1H. The van der Waals surface area contributed by atoms with Gasteiger partial charge in [-0.05, 0) is 36.8 Å². The SMILES string of the molecule is CC(NS(=O)(=O)c1ccccc1Cl)c1ccncc1.Cl. The molecule has 0 saturated heterocycles. The van der Waals surface area contributed by atoms with Crippen molar-refractivity contribution in [3.05, 3.63) is 59.4 Å². The number of aromatic nitrogens is 1. The van der Waals surface area contributed by atoms with E-state index in [4.69, 9.17) is 11.6 Å². The molecule has 20 heavy (non-hydrogen) atoms. The van der Waals surface area contributed by atoms with Gasteiger partial charge in [0.25, 0.3) is 0 Å². The maximum atomic E-state index is 12.2. The van der Waals surface area contributed by atoms with Gasteiger partial charge in [0.1, 0.15) is 4.90 Å². The molecule has 0 aliphatic carbocycles. The van der Waals surface area contributed by atoms with Crippen molar-refractivity contribution < 1.29 is 8.42 Å². The maximum Gasteiger partial charge on any atom is 0.242 e. The summed E-state index contributed by atoms with van der Waals surface area (Å²) >= 11 is 5.91. The van der Waals surface area contributed by atoms with Crippen molar-refractivity contribution in [3.8, 4) is 0 Å². The van der Waals surface area contributed by atoms with Gasteiger partial charge >= 0.3 is 0 Å². The molecule has 0 amide bonds. The average molecular weight is 333 g/mol. The monoisotopic (exact) mass is 332 g/mol. The summed E-state index contributed by atoms with van der Waals surface area (Å²) < 4.78 is 27.0. The van der Waals surface area contributed by atoms with Crippen molar-refractivity contribution >= 4 is 34.0 Å². The molecule has 108 valence electrons. The summed E-state index contributed by atoms with van der Waals surface area (Å²) in [6.07, 6.45) is 3.24. The molecule has 1 aromatic carbocycles. The molecule has 0 aliphatic heterocycles. The number of benzene rings is 1. The predicted octanol–water partition coefficient (Wildman–Crippen LogP) is 3.20. The number of hydrogen-bond acceptors (Lipinski definition) is 3. The van der Waals surface area contributed by atoms with Gasteiger partial charge in [0.05, 0.1) is 5.02 Å². The largest absolute Gasteiger partial charge is 0.265 e. The quantitative estimate of drug-likeness (QED) is 0.935. The number of hydrogen-bond donors (Lipinski definition) is 1. The molecule has 7 heteroatoms. The third kappa shape index (κ3) is 3.93. The van der Waals surface area contributed by atoms with Crippen LogP contribution in [0.1, 0.15) is 18.5 Å². The van der Waals surface area contributed by atoms with Crippen molar-refractivity contribution in [2.45, 2.75) is 17.9 Å². The van der Waals surface area contributed by atoms with Crippen LogP contribution in [0.5, 0.6) is 0 Å². The van der Waals surface area contributed by atoms with E-state index in [0.29, 0.717) is 0 Å². The fourth-order valence-corrected chi connectivity index (χ4v) is 3.43. The van der Waals surface area contributed by atoms with Crippen LogP contribution in [-0.4, -0.2) is 13.4 Å². The normalized spacial score (nSPS) is 12.5. The Labute approximate surface area is 129 Å². The summed E-state index contributed by atoms with van der Waals surface area (Å²) in [7, 11) is -3.64. The summed E-state index contributed by atoms with van der Waals surface area (Å²) in [4.78, 5) is 3.98. The van der Waals surface area contributed by atoms with Crippen LogP contribution >= 0.6 is 24.0 Å². The van der Waals surface area contributed by atoms with E-state index in [9.17, 15) is 8.42 Å². The molecule has 0 aliphatic rings.